The van der Waals surface area contributed by atoms with Gasteiger partial charge in [-0.1, -0.05) is 31.5 Å². The number of carbonyl (C=O) groups excluding carboxylic acids is 2. The maximum Gasteiger partial charge on any atom is 0.220 e. The quantitative estimate of drug-likeness (QED) is 0.676. The molecule has 4 heteroatoms. The molecule has 0 bridgehead atoms. The molecule has 1 amide bonds. The molecular weight excluding hydrogens is 278 g/mol. The van der Waals surface area contributed by atoms with E-state index in [1.165, 1.54) is 0 Å². The zero-order chi connectivity index (χ0) is 16.4. The second kappa shape index (κ2) is 9.98. The molecule has 22 heavy (non-hydrogen) atoms. The highest BCUT2D eigenvalue weighted by molar-refractivity contribution is 5.77. The number of nitrogens with one attached hydrogen (secondary N) is 1. The number of hydrogen-bond acceptors (Lipinski definition) is 3. The largest absolute Gasteiger partial charge is 0.496 e. The van der Waals surface area contributed by atoms with E-state index in [-0.39, 0.29) is 17.6 Å². The van der Waals surface area contributed by atoms with Crippen molar-refractivity contribution in [2.24, 2.45) is 5.92 Å². The fourth-order valence-corrected chi connectivity index (χ4v) is 2.27. The van der Waals surface area contributed by atoms with E-state index in [0.29, 0.717) is 13.0 Å². The summed E-state index contributed by atoms with van der Waals surface area (Å²) in [6, 6.07) is 7.83. The van der Waals surface area contributed by atoms with E-state index >= 15 is 0 Å². The third-order valence-electron chi connectivity index (χ3n) is 3.89. The van der Waals surface area contributed by atoms with Gasteiger partial charge in [-0.05, 0) is 37.8 Å². The Morgan fingerprint density at radius 3 is 2.64 bits per heavy atom. The molecule has 0 aliphatic rings. The molecule has 4 nitrogen and oxygen atoms in total. The van der Waals surface area contributed by atoms with Crippen LogP contribution >= 0.6 is 0 Å². The van der Waals surface area contributed by atoms with Crippen LogP contribution in [0.4, 0.5) is 0 Å². The number of rotatable bonds is 10. The summed E-state index contributed by atoms with van der Waals surface area (Å²) >= 11 is 0. The lowest BCUT2D eigenvalue weighted by Gasteiger charge is -2.09. The molecular formula is C18H27NO3. The lowest BCUT2D eigenvalue weighted by atomic mass is 10.00. The van der Waals surface area contributed by atoms with E-state index in [9.17, 15) is 9.59 Å². The number of ether oxygens (including phenoxy) is 1. The second-order valence-corrected chi connectivity index (χ2v) is 5.67. The highest BCUT2D eigenvalue weighted by Crippen LogP contribution is 2.17. The first-order chi connectivity index (χ1) is 10.5. The zero-order valence-corrected chi connectivity index (χ0v) is 13.9. The number of para-hydroxylation sites is 1. The number of hydrogen-bond donors (Lipinski definition) is 1. The van der Waals surface area contributed by atoms with Crippen LogP contribution in [0.2, 0.25) is 0 Å². The molecule has 1 N–H and O–H groups in total. The average molecular weight is 305 g/mol. The van der Waals surface area contributed by atoms with Crippen molar-refractivity contribution in [1.29, 1.82) is 0 Å². The van der Waals surface area contributed by atoms with E-state index in [1.807, 2.05) is 31.2 Å². The van der Waals surface area contributed by atoms with Gasteiger partial charge in [0.1, 0.15) is 11.5 Å². The molecule has 122 valence electrons. The van der Waals surface area contributed by atoms with Crippen molar-refractivity contribution in [3.63, 3.8) is 0 Å². The molecule has 0 aromatic heterocycles. The molecule has 0 fully saturated rings. The van der Waals surface area contributed by atoms with Crippen molar-refractivity contribution >= 4 is 11.7 Å². The summed E-state index contributed by atoms with van der Waals surface area (Å²) < 4.78 is 5.28. The highest BCUT2D eigenvalue weighted by Gasteiger charge is 2.08. The van der Waals surface area contributed by atoms with Crippen LogP contribution in [-0.4, -0.2) is 25.3 Å². The van der Waals surface area contributed by atoms with Gasteiger partial charge in [0.25, 0.3) is 0 Å². The minimum Gasteiger partial charge on any atom is -0.496 e. The van der Waals surface area contributed by atoms with Crippen molar-refractivity contribution in [3.8, 4) is 5.75 Å². The zero-order valence-electron chi connectivity index (χ0n) is 13.9. The van der Waals surface area contributed by atoms with Crippen LogP contribution in [0.25, 0.3) is 0 Å². The Kier molecular flexibility index (Phi) is 8.26. The van der Waals surface area contributed by atoms with E-state index < -0.39 is 0 Å². The van der Waals surface area contributed by atoms with Gasteiger partial charge in [0.15, 0.2) is 0 Å². The van der Waals surface area contributed by atoms with Gasteiger partial charge in [-0.25, -0.2) is 0 Å². The fourth-order valence-electron chi connectivity index (χ4n) is 2.27. The molecule has 1 rings (SSSR count). The predicted octanol–water partition coefficient (Wildman–Crippen LogP) is 3.14. The Labute approximate surface area is 133 Å². The van der Waals surface area contributed by atoms with Gasteiger partial charge in [0.05, 0.1) is 7.11 Å². The average Bonchev–Trinajstić information content (AvgIpc) is 2.51. The number of carbonyl (C=O) groups is 2. The number of amides is 1. The molecule has 0 saturated heterocycles. The van der Waals surface area contributed by atoms with Crippen molar-refractivity contribution in [1.82, 2.24) is 5.32 Å². The molecule has 1 unspecified atom stereocenters. The third kappa shape index (κ3) is 6.74. The van der Waals surface area contributed by atoms with Gasteiger partial charge in [0.2, 0.25) is 5.91 Å². The molecule has 1 atom stereocenters. The molecule has 0 aliphatic heterocycles. The smallest absolute Gasteiger partial charge is 0.220 e. The summed E-state index contributed by atoms with van der Waals surface area (Å²) in [5.41, 5.74) is 1.10. The topological polar surface area (TPSA) is 55.4 Å². The summed E-state index contributed by atoms with van der Waals surface area (Å²) in [7, 11) is 1.65. The van der Waals surface area contributed by atoms with Crippen LogP contribution < -0.4 is 10.1 Å². The van der Waals surface area contributed by atoms with Crippen molar-refractivity contribution < 1.29 is 14.3 Å². The minimum atomic E-state index is 0.0744. The first-order valence-corrected chi connectivity index (χ1v) is 7.93. The normalized spacial score (nSPS) is 11.8. The molecule has 0 aliphatic carbocycles. The first-order valence-electron chi connectivity index (χ1n) is 7.93. The van der Waals surface area contributed by atoms with Crippen LogP contribution in [0.1, 0.15) is 45.1 Å². The molecule has 0 saturated carbocycles. The summed E-state index contributed by atoms with van der Waals surface area (Å²) in [5.74, 6) is 1.26. The lowest BCUT2D eigenvalue weighted by Crippen LogP contribution is -2.25. The summed E-state index contributed by atoms with van der Waals surface area (Å²) in [6.45, 7) is 4.17. The second-order valence-electron chi connectivity index (χ2n) is 5.67. The summed E-state index contributed by atoms with van der Waals surface area (Å²) in [6.07, 6.45) is 3.90. The molecule has 0 radical (unpaired) electrons. The Bertz CT molecular complexity index is 485. The molecule has 0 heterocycles. The Morgan fingerprint density at radius 1 is 1.23 bits per heavy atom. The van der Waals surface area contributed by atoms with Crippen molar-refractivity contribution in [2.45, 2.75) is 46.0 Å². The van der Waals surface area contributed by atoms with Gasteiger partial charge < -0.3 is 10.1 Å². The number of benzene rings is 1. The molecule has 1 aromatic carbocycles. The lowest BCUT2D eigenvalue weighted by molar-refractivity contribution is -0.121. The van der Waals surface area contributed by atoms with E-state index in [4.69, 9.17) is 4.74 Å². The van der Waals surface area contributed by atoms with Crippen LogP contribution in [0.3, 0.4) is 0 Å². The molecule has 0 spiro atoms. The van der Waals surface area contributed by atoms with Gasteiger partial charge in [-0.2, -0.15) is 0 Å². The standard InChI is InChI=1S/C18H27NO3/c1-14(15(2)20)8-4-7-11-18(21)19-13-12-16-9-5-6-10-17(16)22-3/h5-6,9-10,14H,4,7-8,11-13H2,1-3H3,(H,19,21). The first kappa shape index (κ1) is 18.2. The highest BCUT2D eigenvalue weighted by atomic mass is 16.5. The number of methoxy groups -OCH3 is 1. The van der Waals surface area contributed by atoms with Crippen LogP contribution in [0.5, 0.6) is 5.75 Å². The maximum absolute atomic E-state index is 11.8. The van der Waals surface area contributed by atoms with Gasteiger partial charge in [-0.3, -0.25) is 9.59 Å². The van der Waals surface area contributed by atoms with Gasteiger partial charge in [0, 0.05) is 18.9 Å². The summed E-state index contributed by atoms with van der Waals surface area (Å²) in [4.78, 5) is 22.9. The maximum atomic E-state index is 11.8. The van der Waals surface area contributed by atoms with E-state index in [0.717, 1.165) is 37.0 Å². The third-order valence-corrected chi connectivity index (χ3v) is 3.89. The monoisotopic (exact) mass is 305 g/mol. The van der Waals surface area contributed by atoms with Crippen LogP contribution in [0, 0.1) is 5.92 Å². The van der Waals surface area contributed by atoms with Gasteiger partial charge in [-0.15, -0.1) is 0 Å². The van der Waals surface area contributed by atoms with Crippen molar-refractivity contribution in [2.75, 3.05) is 13.7 Å². The van der Waals surface area contributed by atoms with Crippen LogP contribution in [-0.2, 0) is 16.0 Å². The summed E-state index contributed by atoms with van der Waals surface area (Å²) in [5, 5.41) is 2.93. The Morgan fingerprint density at radius 2 is 1.95 bits per heavy atom. The Hall–Kier alpha value is -1.84. The SMILES string of the molecule is COc1ccccc1CCNC(=O)CCCCC(C)C(C)=O. The molecule has 1 aromatic rings. The van der Waals surface area contributed by atoms with Gasteiger partial charge >= 0.3 is 0 Å². The number of ketones is 1. The predicted molar refractivity (Wildman–Crippen MR) is 88.0 cm³/mol. The van der Waals surface area contributed by atoms with E-state index in [1.54, 1.807) is 14.0 Å². The Balaban J connectivity index is 2.17. The van der Waals surface area contributed by atoms with E-state index in [2.05, 4.69) is 5.32 Å². The van der Waals surface area contributed by atoms with Crippen LogP contribution in [0.15, 0.2) is 24.3 Å². The fraction of sp³-hybridized carbons (Fsp3) is 0.556. The van der Waals surface area contributed by atoms with Crippen molar-refractivity contribution in [3.05, 3.63) is 29.8 Å². The number of Topliss-reactive ketones (excluding diaryl/α,β-unsaturated/α-hetero) is 1. The number of unbranched alkanes of at least 4 members (excludes halogenated alkanes) is 1. The minimum absolute atomic E-state index is 0.0744.